The number of nitrogens with one attached hydrogen (secondary N) is 1. The number of aromatic amines is 1. The maximum Gasteiger partial charge on any atom is 0.468 e. The summed E-state index contributed by atoms with van der Waals surface area (Å²) >= 11 is 0. The highest BCUT2D eigenvalue weighted by Gasteiger charge is 2.51. The number of fused-ring (bicyclic) bond motifs is 5. The molecule has 0 unspecified atom stereocenters. The van der Waals surface area contributed by atoms with Gasteiger partial charge in [0.05, 0.1) is 17.9 Å². The summed E-state index contributed by atoms with van der Waals surface area (Å²) in [5, 5.41) is 36.9. The Kier molecular flexibility index (Phi) is 3.86. The van der Waals surface area contributed by atoms with Crippen LogP contribution in [0.1, 0.15) is 38.2 Å². The lowest BCUT2D eigenvalue weighted by Gasteiger charge is -2.41. The molecule has 2 saturated carbocycles. The third-order valence-electron chi connectivity index (χ3n) is 6.76. The van der Waals surface area contributed by atoms with Gasteiger partial charge in [0, 0.05) is 41.3 Å². The Bertz CT molecular complexity index is 915. The van der Waals surface area contributed by atoms with Crippen LogP contribution in [0.4, 0.5) is 0 Å². The van der Waals surface area contributed by atoms with Gasteiger partial charge >= 0.3 is 7.05 Å². The largest absolute Gasteiger partial charge is 0.468 e. The molecule has 1 aliphatic heterocycles. The standard InChI is InChI=1S/C19H25BN4O3/c1-11-8-19(26)4-2-12(9-19)15(11)17-16-13-3-5-21-18(13)22-10-14(16)20(27)24(23-17)6-7-25/h3,5,10-12,15,25-27H,2,4,6-9H2,1H3,(H,21,22)/t11-,12-,15-,19+/m0/s1. The van der Waals surface area contributed by atoms with Crippen molar-refractivity contribution in [1.82, 2.24) is 14.9 Å². The number of aliphatic hydroxyl groups excluding tert-OH is 1. The summed E-state index contributed by atoms with van der Waals surface area (Å²) in [6.07, 6.45) is 7.05. The molecule has 4 N–H and O–H groups in total. The molecule has 0 saturated heterocycles. The molecule has 27 heavy (non-hydrogen) atoms. The van der Waals surface area contributed by atoms with Gasteiger partial charge in [-0.1, -0.05) is 6.92 Å². The van der Waals surface area contributed by atoms with E-state index in [1.165, 1.54) is 0 Å². The average Bonchev–Trinajstić information content (AvgIpc) is 3.22. The molecule has 3 heterocycles. The van der Waals surface area contributed by atoms with Crippen LogP contribution in [0.25, 0.3) is 11.0 Å². The molecular weight excluding hydrogens is 343 g/mol. The smallest absolute Gasteiger partial charge is 0.428 e. The monoisotopic (exact) mass is 368 g/mol. The van der Waals surface area contributed by atoms with Crippen LogP contribution in [-0.4, -0.2) is 61.6 Å². The first-order valence-electron chi connectivity index (χ1n) is 9.83. The van der Waals surface area contributed by atoms with Gasteiger partial charge in [-0.2, -0.15) is 5.10 Å². The van der Waals surface area contributed by atoms with Crippen molar-refractivity contribution in [2.75, 3.05) is 13.2 Å². The number of aromatic nitrogens is 2. The summed E-state index contributed by atoms with van der Waals surface area (Å²) in [5.41, 5.74) is 2.95. The van der Waals surface area contributed by atoms with Crippen LogP contribution in [-0.2, 0) is 0 Å². The zero-order valence-corrected chi connectivity index (χ0v) is 15.5. The van der Waals surface area contributed by atoms with Gasteiger partial charge in [0.1, 0.15) is 5.65 Å². The van der Waals surface area contributed by atoms with Crippen LogP contribution in [0.15, 0.2) is 23.6 Å². The first kappa shape index (κ1) is 17.2. The van der Waals surface area contributed by atoms with E-state index in [4.69, 9.17) is 5.10 Å². The summed E-state index contributed by atoms with van der Waals surface area (Å²) < 4.78 is 0. The Labute approximate surface area is 158 Å². The number of hydrogen-bond acceptors (Lipinski definition) is 6. The highest BCUT2D eigenvalue weighted by molar-refractivity contribution is 6.66. The van der Waals surface area contributed by atoms with E-state index < -0.39 is 12.7 Å². The molecular formula is C19H25BN4O3. The third kappa shape index (κ3) is 2.54. The molecule has 4 atom stereocenters. The first-order chi connectivity index (χ1) is 13.0. The maximum atomic E-state index is 10.8. The van der Waals surface area contributed by atoms with Crippen LogP contribution in [0.3, 0.4) is 0 Å². The number of rotatable bonds is 3. The fourth-order valence-electron chi connectivity index (χ4n) is 5.74. The van der Waals surface area contributed by atoms with E-state index in [1.54, 1.807) is 11.1 Å². The fourth-order valence-corrected chi connectivity index (χ4v) is 5.74. The lowest BCUT2D eigenvalue weighted by molar-refractivity contribution is -0.00750. The van der Waals surface area contributed by atoms with Crippen LogP contribution in [0.5, 0.6) is 0 Å². The predicted octanol–water partition coefficient (Wildman–Crippen LogP) is 0.450. The Balaban J connectivity index is 1.68. The molecule has 8 heteroatoms. The van der Waals surface area contributed by atoms with Gasteiger partial charge < -0.3 is 25.1 Å². The summed E-state index contributed by atoms with van der Waals surface area (Å²) in [4.78, 5) is 9.18. The van der Waals surface area contributed by atoms with Gasteiger partial charge in [0.25, 0.3) is 0 Å². The van der Waals surface area contributed by atoms with E-state index in [0.717, 1.165) is 53.5 Å². The van der Waals surface area contributed by atoms with Gasteiger partial charge in [0.2, 0.25) is 0 Å². The predicted molar refractivity (Wildman–Crippen MR) is 104 cm³/mol. The maximum absolute atomic E-state index is 10.8. The molecule has 7 nitrogen and oxygen atoms in total. The van der Waals surface area contributed by atoms with Crippen molar-refractivity contribution in [3.63, 3.8) is 0 Å². The molecule has 2 aromatic heterocycles. The first-order valence-corrected chi connectivity index (χ1v) is 9.83. The molecule has 5 rings (SSSR count). The normalized spacial score (nSPS) is 32.7. The minimum atomic E-state index is -0.915. The minimum Gasteiger partial charge on any atom is -0.428 e. The SMILES string of the molecule is C[C@H]1C[C@]2(O)CC[C@@H](C2)[C@H]1C1=NN(CCO)B(O)c2cnc3[nH]ccc3c21. The Morgan fingerprint density at radius 3 is 3.07 bits per heavy atom. The second kappa shape index (κ2) is 6.05. The number of H-pyrrole nitrogens is 1. The Hall–Kier alpha value is -1.90. The van der Waals surface area contributed by atoms with Crippen LogP contribution in [0, 0.1) is 17.8 Å². The number of pyridine rings is 1. The van der Waals surface area contributed by atoms with Gasteiger partial charge in [-0.05, 0) is 43.6 Å². The summed E-state index contributed by atoms with van der Waals surface area (Å²) in [6.45, 7) is 2.39. The molecule has 0 spiro atoms. The fraction of sp³-hybridized carbons (Fsp3) is 0.579. The molecule has 142 valence electrons. The van der Waals surface area contributed by atoms with Crippen LogP contribution in [0.2, 0.25) is 0 Å². The molecule has 3 aliphatic rings. The number of hydrogen-bond donors (Lipinski definition) is 4. The van der Waals surface area contributed by atoms with E-state index in [0.29, 0.717) is 11.8 Å². The van der Waals surface area contributed by atoms with E-state index in [9.17, 15) is 15.2 Å². The number of β-amino-alcohol motifs (C(OH)–C–C–N with tert-alkyl or cyclic N) is 1. The van der Waals surface area contributed by atoms with Crippen molar-refractivity contribution in [1.29, 1.82) is 0 Å². The van der Waals surface area contributed by atoms with Crippen LogP contribution >= 0.6 is 0 Å². The third-order valence-corrected chi connectivity index (χ3v) is 6.76. The van der Waals surface area contributed by atoms with E-state index in [2.05, 4.69) is 16.9 Å². The molecule has 2 bridgehead atoms. The van der Waals surface area contributed by atoms with Crippen molar-refractivity contribution in [3.05, 3.63) is 24.0 Å². The topological polar surface area (TPSA) is 105 Å². The average molecular weight is 368 g/mol. The zero-order chi connectivity index (χ0) is 18.8. The van der Waals surface area contributed by atoms with Gasteiger partial charge in [-0.25, -0.2) is 4.98 Å². The second-order valence-electron chi connectivity index (χ2n) is 8.51. The number of aliphatic hydroxyl groups is 2. The van der Waals surface area contributed by atoms with Crippen molar-refractivity contribution < 1.29 is 15.2 Å². The van der Waals surface area contributed by atoms with E-state index in [-0.39, 0.29) is 19.1 Å². The molecule has 2 fully saturated rings. The highest BCUT2D eigenvalue weighted by Crippen LogP contribution is 2.52. The van der Waals surface area contributed by atoms with Crippen molar-refractivity contribution in [3.8, 4) is 0 Å². The number of hydrazone groups is 1. The van der Waals surface area contributed by atoms with Crippen LogP contribution < -0.4 is 5.46 Å². The van der Waals surface area contributed by atoms with Gasteiger partial charge in [-0.15, -0.1) is 0 Å². The number of nitrogens with zero attached hydrogens (tertiary/aromatic N) is 3. The zero-order valence-electron chi connectivity index (χ0n) is 15.5. The Morgan fingerprint density at radius 1 is 1.41 bits per heavy atom. The molecule has 0 amide bonds. The van der Waals surface area contributed by atoms with E-state index in [1.807, 2.05) is 12.3 Å². The summed E-state index contributed by atoms with van der Waals surface area (Å²) in [6, 6.07) is 1.99. The second-order valence-corrected chi connectivity index (χ2v) is 8.51. The molecule has 2 aliphatic carbocycles. The molecule has 0 radical (unpaired) electrons. The van der Waals surface area contributed by atoms with Crippen molar-refractivity contribution in [2.45, 2.75) is 38.2 Å². The Morgan fingerprint density at radius 2 is 2.26 bits per heavy atom. The summed E-state index contributed by atoms with van der Waals surface area (Å²) in [7, 11) is -0.915. The van der Waals surface area contributed by atoms with Gasteiger partial charge in [-0.3, -0.25) is 0 Å². The van der Waals surface area contributed by atoms with Crippen molar-refractivity contribution >= 4 is 29.3 Å². The lowest BCUT2D eigenvalue weighted by Crippen LogP contribution is -2.55. The molecule has 2 aromatic rings. The lowest BCUT2D eigenvalue weighted by atomic mass is 9.63. The van der Waals surface area contributed by atoms with Crippen molar-refractivity contribution in [2.24, 2.45) is 22.9 Å². The summed E-state index contributed by atoms with van der Waals surface area (Å²) in [5.74, 6) is 0.913. The van der Waals surface area contributed by atoms with Gasteiger partial charge in [0.15, 0.2) is 0 Å². The quantitative estimate of drug-likeness (QED) is 0.589. The minimum absolute atomic E-state index is 0.0770. The molecule has 0 aromatic carbocycles. The highest BCUT2D eigenvalue weighted by atomic mass is 16.3. The van der Waals surface area contributed by atoms with E-state index >= 15 is 0 Å².